The highest BCUT2D eigenvalue weighted by Gasteiger charge is 2.27. The molecular weight excluding hydrogens is 334 g/mol. The van der Waals surface area contributed by atoms with E-state index in [9.17, 15) is 18.8 Å². The predicted octanol–water partition coefficient (Wildman–Crippen LogP) is 4.39. The molecule has 26 heavy (non-hydrogen) atoms. The van der Waals surface area contributed by atoms with Gasteiger partial charge in [0, 0.05) is 11.1 Å². The van der Waals surface area contributed by atoms with Crippen LogP contribution in [-0.2, 0) is 18.3 Å². The van der Waals surface area contributed by atoms with Gasteiger partial charge in [0.2, 0.25) is 0 Å². The van der Waals surface area contributed by atoms with Crippen LogP contribution < -0.4 is 5.56 Å². The highest BCUT2D eigenvalue weighted by atomic mass is 19.2. The monoisotopic (exact) mass is 352 g/mol. The maximum Gasteiger partial charge on any atom is 0.251 e. The van der Waals surface area contributed by atoms with Gasteiger partial charge in [-0.1, -0.05) is 25.1 Å². The zero-order valence-corrected chi connectivity index (χ0v) is 14.6. The van der Waals surface area contributed by atoms with Crippen LogP contribution in [0.5, 0.6) is 0 Å². The fourth-order valence-electron chi connectivity index (χ4n) is 3.12. The summed E-state index contributed by atoms with van der Waals surface area (Å²) in [6.07, 6.45) is 0.864. The summed E-state index contributed by atoms with van der Waals surface area (Å²) in [6.45, 7) is 3.66. The van der Waals surface area contributed by atoms with Gasteiger partial charge in [0.05, 0.1) is 11.5 Å². The number of pyridine rings is 1. The lowest BCUT2D eigenvalue weighted by Crippen LogP contribution is -2.23. The maximum atomic E-state index is 13.5. The summed E-state index contributed by atoms with van der Waals surface area (Å²) in [5, 5.41) is 10.6. The zero-order valence-electron chi connectivity index (χ0n) is 14.6. The highest BCUT2D eigenvalue weighted by molar-refractivity contribution is 5.80. The van der Waals surface area contributed by atoms with Crippen LogP contribution in [0.4, 0.5) is 8.78 Å². The first-order valence-electron chi connectivity index (χ1n) is 8.38. The first-order chi connectivity index (χ1) is 12.4. The van der Waals surface area contributed by atoms with E-state index >= 15 is 0 Å². The molecule has 0 aliphatic heterocycles. The normalized spacial score (nSPS) is 13.3. The summed E-state index contributed by atoms with van der Waals surface area (Å²) in [6, 6.07) is 13.2. The van der Waals surface area contributed by atoms with Gasteiger partial charge < -0.3 is 4.98 Å². The lowest BCUT2D eigenvalue weighted by molar-refractivity contribution is 0.504. The van der Waals surface area contributed by atoms with Crippen molar-refractivity contribution in [3.8, 4) is 6.07 Å². The molecule has 1 heterocycles. The molecule has 1 aromatic heterocycles. The molecule has 1 atom stereocenters. The number of hydrogen-bond donors (Lipinski definition) is 1. The molecule has 3 rings (SSSR count). The number of rotatable bonds is 4. The van der Waals surface area contributed by atoms with E-state index in [-0.39, 0.29) is 12.0 Å². The van der Waals surface area contributed by atoms with Crippen molar-refractivity contribution in [1.82, 2.24) is 4.98 Å². The molecule has 1 unspecified atom stereocenters. The van der Waals surface area contributed by atoms with Crippen LogP contribution in [0.1, 0.15) is 30.5 Å². The largest absolute Gasteiger partial charge is 0.322 e. The van der Waals surface area contributed by atoms with E-state index in [1.165, 1.54) is 6.07 Å². The van der Waals surface area contributed by atoms with Gasteiger partial charge in [-0.05, 0) is 60.5 Å². The molecule has 2 aromatic carbocycles. The second-order valence-corrected chi connectivity index (χ2v) is 6.65. The lowest BCUT2D eigenvalue weighted by atomic mass is 9.78. The Bertz CT molecular complexity index is 1080. The van der Waals surface area contributed by atoms with E-state index in [1.54, 1.807) is 13.0 Å². The molecule has 0 saturated carbocycles. The highest BCUT2D eigenvalue weighted by Crippen LogP contribution is 2.30. The first-order valence-corrected chi connectivity index (χ1v) is 8.38. The van der Waals surface area contributed by atoms with Crippen LogP contribution in [0, 0.1) is 23.0 Å². The van der Waals surface area contributed by atoms with Crippen LogP contribution in [0.3, 0.4) is 0 Å². The van der Waals surface area contributed by atoms with E-state index in [0.717, 1.165) is 17.5 Å². The zero-order chi connectivity index (χ0) is 18.9. The van der Waals surface area contributed by atoms with E-state index < -0.39 is 17.0 Å². The molecule has 0 saturated heterocycles. The molecule has 0 radical (unpaired) electrons. The van der Waals surface area contributed by atoms with Gasteiger partial charge in [0.25, 0.3) is 5.56 Å². The minimum absolute atomic E-state index is 0.142. The van der Waals surface area contributed by atoms with Gasteiger partial charge in [-0.2, -0.15) is 5.26 Å². The quantitative estimate of drug-likeness (QED) is 0.757. The Morgan fingerprint density at radius 1 is 1.12 bits per heavy atom. The smallest absolute Gasteiger partial charge is 0.251 e. The average Bonchev–Trinajstić information content (AvgIpc) is 2.63. The number of halogens is 2. The van der Waals surface area contributed by atoms with Crippen molar-refractivity contribution in [2.45, 2.75) is 32.1 Å². The van der Waals surface area contributed by atoms with Crippen LogP contribution in [0.25, 0.3) is 10.9 Å². The summed E-state index contributed by atoms with van der Waals surface area (Å²) in [4.78, 5) is 14.9. The number of nitriles is 1. The van der Waals surface area contributed by atoms with Crippen molar-refractivity contribution in [3.63, 3.8) is 0 Å². The van der Waals surface area contributed by atoms with E-state index in [2.05, 4.69) is 11.1 Å². The Morgan fingerprint density at radius 2 is 1.88 bits per heavy atom. The number of aromatic amines is 1. The molecule has 0 aliphatic rings. The molecule has 132 valence electrons. The number of nitrogens with one attached hydrogen (secondary N) is 1. The van der Waals surface area contributed by atoms with Gasteiger partial charge in [-0.3, -0.25) is 4.79 Å². The van der Waals surface area contributed by atoms with Gasteiger partial charge in [0.1, 0.15) is 0 Å². The minimum atomic E-state index is -0.946. The van der Waals surface area contributed by atoms with Crippen molar-refractivity contribution in [1.29, 1.82) is 5.26 Å². The number of hydrogen-bond acceptors (Lipinski definition) is 2. The van der Waals surface area contributed by atoms with Crippen molar-refractivity contribution in [2.75, 3.05) is 0 Å². The number of fused-ring (bicyclic) bond motifs is 1. The molecule has 0 aliphatic carbocycles. The van der Waals surface area contributed by atoms with E-state index in [4.69, 9.17) is 0 Å². The Morgan fingerprint density at radius 3 is 2.54 bits per heavy atom. The van der Waals surface area contributed by atoms with Gasteiger partial charge in [-0.15, -0.1) is 0 Å². The van der Waals surface area contributed by atoms with E-state index in [0.29, 0.717) is 28.6 Å². The summed E-state index contributed by atoms with van der Waals surface area (Å²) < 4.78 is 26.6. The number of H-pyrrole nitrogens is 1. The summed E-state index contributed by atoms with van der Waals surface area (Å²) in [7, 11) is 0. The standard InChI is InChI=1S/C21H18F2N2O/c1-3-14-9-15-5-6-16(10-19(15)25-20(14)26)21(2,12-24)11-13-4-7-17(22)18(23)8-13/h4-10H,3,11H2,1-2H3,(H,25,26). The Hall–Kier alpha value is -3.00. The molecule has 0 bridgehead atoms. The third-order valence-corrected chi connectivity index (χ3v) is 4.73. The number of aromatic nitrogens is 1. The number of nitrogens with zero attached hydrogens (tertiary/aromatic N) is 1. The van der Waals surface area contributed by atoms with Gasteiger partial charge in [0.15, 0.2) is 11.6 Å². The molecule has 0 amide bonds. The lowest BCUT2D eigenvalue weighted by Gasteiger charge is -2.23. The maximum absolute atomic E-state index is 13.5. The molecular formula is C21H18F2N2O. The first kappa shape index (κ1) is 17.8. The third-order valence-electron chi connectivity index (χ3n) is 4.73. The van der Waals surface area contributed by atoms with Crippen LogP contribution >= 0.6 is 0 Å². The summed E-state index contributed by atoms with van der Waals surface area (Å²) >= 11 is 0. The van der Waals surface area contributed by atoms with Crippen molar-refractivity contribution in [3.05, 3.63) is 81.1 Å². The topological polar surface area (TPSA) is 56.6 Å². The molecule has 1 N–H and O–H groups in total. The SMILES string of the molecule is CCc1cc2ccc(C(C)(C#N)Cc3ccc(F)c(F)c3)cc2[nH]c1=O. The van der Waals surface area contributed by atoms with Gasteiger partial charge >= 0.3 is 0 Å². The second kappa shape index (κ2) is 6.72. The van der Waals surface area contributed by atoms with Crippen molar-refractivity contribution in [2.24, 2.45) is 0 Å². The van der Waals surface area contributed by atoms with Crippen LogP contribution in [0.2, 0.25) is 0 Å². The van der Waals surface area contributed by atoms with Crippen LogP contribution in [-0.4, -0.2) is 4.98 Å². The molecule has 0 spiro atoms. The third kappa shape index (κ3) is 3.23. The minimum Gasteiger partial charge on any atom is -0.322 e. The average molecular weight is 352 g/mol. The number of aryl methyl sites for hydroxylation is 1. The van der Waals surface area contributed by atoms with Crippen molar-refractivity contribution < 1.29 is 8.78 Å². The second-order valence-electron chi connectivity index (χ2n) is 6.65. The predicted molar refractivity (Wildman–Crippen MR) is 97.0 cm³/mol. The van der Waals surface area contributed by atoms with E-state index in [1.807, 2.05) is 25.1 Å². The fraction of sp³-hybridized carbons (Fsp3) is 0.238. The van der Waals surface area contributed by atoms with Gasteiger partial charge in [-0.25, -0.2) is 8.78 Å². The van der Waals surface area contributed by atoms with Crippen LogP contribution in [0.15, 0.2) is 47.3 Å². The summed E-state index contributed by atoms with van der Waals surface area (Å²) in [5.74, 6) is -1.85. The van der Waals surface area contributed by atoms with Crippen molar-refractivity contribution >= 4 is 10.9 Å². The molecule has 5 heteroatoms. The molecule has 3 aromatic rings. The Labute approximate surface area is 149 Å². The fourth-order valence-corrected chi connectivity index (χ4v) is 3.12. The molecule has 0 fully saturated rings. The molecule has 3 nitrogen and oxygen atoms in total. The Kier molecular flexibility index (Phi) is 4.60. The number of benzene rings is 2. The Balaban J connectivity index is 2.04. The summed E-state index contributed by atoms with van der Waals surface area (Å²) in [5.41, 5.74) is 1.50.